The lowest BCUT2D eigenvalue weighted by molar-refractivity contribution is -0.0242. The van der Waals surface area contributed by atoms with Crippen molar-refractivity contribution in [1.82, 2.24) is 0 Å². The third-order valence-corrected chi connectivity index (χ3v) is 2.21. The van der Waals surface area contributed by atoms with Crippen molar-refractivity contribution < 1.29 is 9.23 Å². The first-order valence-corrected chi connectivity index (χ1v) is 4.12. The lowest BCUT2D eigenvalue weighted by Gasteiger charge is -2.24. The lowest BCUT2D eigenvalue weighted by Crippen LogP contribution is -2.26. The second kappa shape index (κ2) is 3.44. The molecule has 0 radical (unpaired) electrons. The van der Waals surface area contributed by atoms with E-state index in [4.69, 9.17) is 10.7 Å². The van der Waals surface area contributed by atoms with Gasteiger partial charge in [0.2, 0.25) is 0 Å². The van der Waals surface area contributed by atoms with Crippen LogP contribution in [0.25, 0.3) is 0 Å². The van der Waals surface area contributed by atoms with Crippen molar-refractivity contribution >= 4 is 0 Å². The fraction of sp³-hybridized carbons (Fsp3) is 0.400. The fourth-order valence-corrected chi connectivity index (χ4v) is 1.32. The molecule has 0 unspecified atom stereocenters. The highest BCUT2D eigenvalue weighted by Crippen LogP contribution is 2.26. The summed E-state index contributed by atoms with van der Waals surface area (Å²) in [4.78, 5) is 4.79. The molecular weight excluding hydrogens is 169 g/mol. The van der Waals surface area contributed by atoms with Crippen molar-refractivity contribution in [1.29, 1.82) is 0 Å². The van der Waals surface area contributed by atoms with Crippen molar-refractivity contribution in [2.45, 2.75) is 26.4 Å². The van der Waals surface area contributed by atoms with E-state index >= 15 is 0 Å². The molecular formula is C10H14FNO. The Labute approximate surface area is 77.5 Å². The van der Waals surface area contributed by atoms with Crippen LogP contribution in [0.15, 0.2) is 18.2 Å². The predicted molar refractivity (Wildman–Crippen MR) is 49.4 cm³/mol. The van der Waals surface area contributed by atoms with Gasteiger partial charge < -0.3 is 0 Å². The second-order valence-corrected chi connectivity index (χ2v) is 3.54. The molecule has 1 aromatic carbocycles. The maximum Gasteiger partial charge on any atom is 0.126 e. The van der Waals surface area contributed by atoms with Gasteiger partial charge in [0.25, 0.3) is 0 Å². The van der Waals surface area contributed by atoms with Gasteiger partial charge in [0.05, 0.1) is 0 Å². The number of nitrogens with two attached hydrogens (primary N) is 1. The van der Waals surface area contributed by atoms with Crippen molar-refractivity contribution in [3.8, 4) is 0 Å². The lowest BCUT2D eigenvalue weighted by atomic mass is 9.93. The van der Waals surface area contributed by atoms with Gasteiger partial charge in [0.1, 0.15) is 11.4 Å². The Balaban J connectivity index is 3.22. The highest BCUT2D eigenvalue weighted by molar-refractivity contribution is 5.31. The van der Waals surface area contributed by atoms with Crippen LogP contribution in [0.5, 0.6) is 0 Å². The molecule has 1 rings (SSSR count). The van der Waals surface area contributed by atoms with Gasteiger partial charge in [-0.15, -0.1) is 0 Å². The molecule has 72 valence electrons. The van der Waals surface area contributed by atoms with Gasteiger partial charge in [-0.1, -0.05) is 12.1 Å². The van der Waals surface area contributed by atoms with E-state index in [1.54, 1.807) is 26.8 Å². The molecule has 0 atom stereocenters. The first-order chi connectivity index (χ1) is 5.99. The van der Waals surface area contributed by atoms with Crippen LogP contribution in [0.1, 0.15) is 25.0 Å². The second-order valence-electron chi connectivity index (χ2n) is 3.54. The van der Waals surface area contributed by atoms with Gasteiger partial charge in [-0.3, -0.25) is 4.84 Å². The first-order valence-electron chi connectivity index (χ1n) is 4.12. The molecule has 13 heavy (non-hydrogen) atoms. The Morgan fingerprint density at radius 3 is 2.54 bits per heavy atom. The van der Waals surface area contributed by atoms with Gasteiger partial charge in [0.15, 0.2) is 0 Å². The Hall–Kier alpha value is -0.930. The Morgan fingerprint density at radius 2 is 2.00 bits per heavy atom. The zero-order chi connectivity index (χ0) is 10.1. The van der Waals surface area contributed by atoms with Crippen molar-refractivity contribution in [3.05, 3.63) is 35.1 Å². The molecule has 0 aliphatic rings. The SMILES string of the molecule is Cc1c(F)cccc1C(C)(C)ON. The van der Waals surface area contributed by atoms with E-state index in [9.17, 15) is 4.39 Å². The number of hydrogen-bond donors (Lipinski definition) is 1. The van der Waals surface area contributed by atoms with Crippen LogP contribution in [0.2, 0.25) is 0 Å². The summed E-state index contributed by atoms with van der Waals surface area (Å²) in [5.41, 5.74) is 0.708. The van der Waals surface area contributed by atoms with E-state index in [-0.39, 0.29) is 5.82 Å². The third-order valence-electron chi connectivity index (χ3n) is 2.21. The summed E-state index contributed by atoms with van der Waals surface area (Å²) in [6.45, 7) is 5.31. The summed E-state index contributed by atoms with van der Waals surface area (Å²) in [7, 11) is 0. The highest BCUT2D eigenvalue weighted by atomic mass is 19.1. The smallest absolute Gasteiger partial charge is 0.126 e. The van der Waals surface area contributed by atoms with Crippen molar-refractivity contribution in [2.75, 3.05) is 0 Å². The third kappa shape index (κ3) is 1.87. The molecule has 0 aliphatic heterocycles. The minimum atomic E-state index is -0.647. The van der Waals surface area contributed by atoms with Crippen LogP contribution < -0.4 is 5.90 Å². The zero-order valence-corrected chi connectivity index (χ0v) is 8.10. The van der Waals surface area contributed by atoms with E-state index < -0.39 is 5.60 Å². The minimum Gasteiger partial charge on any atom is -0.294 e. The topological polar surface area (TPSA) is 35.2 Å². The summed E-state index contributed by atoms with van der Waals surface area (Å²) >= 11 is 0. The van der Waals surface area contributed by atoms with Crippen LogP contribution in [0, 0.1) is 12.7 Å². The minimum absolute atomic E-state index is 0.234. The van der Waals surface area contributed by atoms with E-state index in [1.807, 2.05) is 6.07 Å². The van der Waals surface area contributed by atoms with Gasteiger partial charge in [-0.05, 0) is 38.0 Å². The summed E-state index contributed by atoms with van der Waals surface area (Å²) in [6.07, 6.45) is 0. The summed E-state index contributed by atoms with van der Waals surface area (Å²) in [5, 5.41) is 0. The molecule has 0 saturated heterocycles. The fourth-order valence-electron chi connectivity index (χ4n) is 1.32. The highest BCUT2D eigenvalue weighted by Gasteiger charge is 2.23. The van der Waals surface area contributed by atoms with Gasteiger partial charge >= 0.3 is 0 Å². The summed E-state index contributed by atoms with van der Waals surface area (Å²) in [5.74, 6) is 4.90. The molecule has 0 spiro atoms. The van der Waals surface area contributed by atoms with Crippen LogP contribution in [-0.2, 0) is 10.4 Å². The molecule has 0 bridgehead atoms. The molecule has 0 saturated carbocycles. The van der Waals surface area contributed by atoms with Crippen molar-refractivity contribution in [3.63, 3.8) is 0 Å². The Bertz CT molecular complexity index is 310. The molecule has 3 heteroatoms. The number of halogens is 1. The van der Waals surface area contributed by atoms with E-state index in [0.717, 1.165) is 5.56 Å². The Kier molecular flexibility index (Phi) is 2.68. The van der Waals surface area contributed by atoms with Crippen LogP contribution >= 0.6 is 0 Å². The van der Waals surface area contributed by atoms with Gasteiger partial charge in [0, 0.05) is 0 Å². The Morgan fingerprint density at radius 1 is 1.38 bits per heavy atom. The monoisotopic (exact) mass is 183 g/mol. The molecule has 0 aliphatic carbocycles. The number of hydrogen-bond acceptors (Lipinski definition) is 2. The van der Waals surface area contributed by atoms with Crippen LogP contribution in [0.3, 0.4) is 0 Å². The maximum absolute atomic E-state index is 13.1. The standard InChI is InChI=1S/C10H14FNO/c1-7-8(10(2,3)13-12)5-4-6-9(7)11/h4-6H,12H2,1-3H3. The van der Waals surface area contributed by atoms with E-state index in [0.29, 0.717) is 5.56 Å². The normalized spacial score (nSPS) is 11.8. The van der Waals surface area contributed by atoms with E-state index in [2.05, 4.69) is 0 Å². The van der Waals surface area contributed by atoms with Crippen LogP contribution in [0.4, 0.5) is 4.39 Å². The van der Waals surface area contributed by atoms with Crippen molar-refractivity contribution in [2.24, 2.45) is 5.90 Å². The molecule has 1 aromatic rings. The predicted octanol–water partition coefficient (Wildman–Crippen LogP) is 2.26. The molecule has 2 N–H and O–H groups in total. The average Bonchev–Trinajstić information content (AvgIpc) is 2.09. The van der Waals surface area contributed by atoms with Gasteiger partial charge in [-0.2, -0.15) is 0 Å². The molecule has 0 fully saturated rings. The quantitative estimate of drug-likeness (QED) is 0.714. The maximum atomic E-state index is 13.1. The first kappa shape index (κ1) is 10.2. The van der Waals surface area contributed by atoms with Crippen LogP contribution in [-0.4, -0.2) is 0 Å². The summed E-state index contributed by atoms with van der Waals surface area (Å²) in [6, 6.07) is 4.88. The summed E-state index contributed by atoms with van der Waals surface area (Å²) < 4.78 is 13.1. The molecule has 0 amide bonds. The average molecular weight is 183 g/mol. The zero-order valence-electron chi connectivity index (χ0n) is 8.10. The molecule has 2 nitrogen and oxygen atoms in total. The van der Waals surface area contributed by atoms with Gasteiger partial charge in [-0.25, -0.2) is 10.3 Å². The molecule has 0 heterocycles. The van der Waals surface area contributed by atoms with E-state index in [1.165, 1.54) is 6.07 Å². The largest absolute Gasteiger partial charge is 0.294 e. The number of benzene rings is 1. The molecule has 0 aromatic heterocycles. The number of rotatable bonds is 2.